The number of benzene rings is 1. The van der Waals surface area contributed by atoms with E-state index in [0.717, 1.165) is 0 Å². The lowest BCUT2D eigenvalue weighted by atomic mass is 10.2. The van der Waals surface area contributed by atoms with Gasteiger partial charge >= 0.3 is 0 Å². The van der Waals surface area contributed by atoms with Gasteiger partial charge in [0.1, 0.15) is 0 Å². The van der Waals surface area contributed by atoms with Gasteiger partial charge in [-0.15, -0.1) is 0 Å². The Kier molecular flexibility index (Phi) is 3.80. The molecule has 3 N–H and O–H groups in total. The van der Waals surface area contributed by atoms with Crippen LogP contribution in [-0.2, 0) is 4.79 Å². The second kappa shape index (κ2) is 4.89. The molecule has 0 fully saturated rings. The first-order valence-corrected chi connectivity index (χ1v) is 4.87. The summed E-state index contributed by atoms with van der Waals surface area (Å²) in [7, 11) is 3.40. The highest BCUT2D eigenvalue weighted by Crippen LogP contribution is 2.22. The van der Waals surface area contributed by atoms with Crippen molar-refractivity contribution in [1.82, 2.24) is 4.90 Å². The summed E-state index contributed by atoms with van der Waals surface area (Å²) in [4.78, 5) is 12.8. The Bertz CT molecular complexity index is 366. The third-order valence-electron chi connectivity index (χ3n) is 1.94. The van der Waals surface area contributed by atoms with Crippen LogP contribution in [0.2, 0.25) is 5.02 Å². The van der Waals surface area contributed by atoms with E-state index in [0.29, 0.717) is 16.4 Å². The molecule has 0 saturated heterocycles. The first-order chi connectivity index (χ1) is 7.00. The van der Waals surface area contributed by atoms with Gasteiger partial charge in [0.2, 0.25) is 5.91 Å². The topological polar surface area (TPSA) is 58.4 Å². The summed E-state index contributed by atoms with van der Waals surface area (Å²) in [6, 6.07) is 5.10. The molecule has 0 bridgehead atoms. The van der Waals surface area contributed by atoms with Crippen LogP contribution in [0.4, 0.5) is 11.4 Å². The Morgan fingerprint density at radius 2 is 2.20 bits per heavy atom. The number of nitrogens with two attached hydrogens (primary N) is 1. The number of likely N-dealkylation sites (N-methyl/N-ethyl adjacent to an activating group) is 1. The zero-order valence-electron chi connectivity index (χ0n) is 8.75. The van der Waals surface area contributed by atoms with Crippen LogP contribution >= 0.6 is 11.6 Å². The van der Waals surface area contributed by atoms with Crippen molar-refractivity contribution in [1.29, 1.82) is 0 Å². The van der Waals surface area contributed by atoms with Crippen LogP contribution in [0, 0.1) is 0 Å². The molecule has 15 heavy (non-hydrogen) atoms. The van der Waals surface area contributed by atoms with Gasteiger partial charge in [0.15, 0.2) is 0 Å². The van der Waals surface area contributed by atoms with Crippen LogP contribution in [-0.4, -0.2) is 31.4 Å². The molecule has 0 aliphatic heterocycles. The maximum absolute atomic E-state index is 11.3. The highest BCUT2D eigenvalue weighted by Gasteiger charge is 2.05. The molecule has 5 heteroatoms. The van der Waals surface area contributed by atoms with Crippen LogP contribution in [0.1, 0.15) is 0 Å². The zero-order valence-corrected chi connectivity index (χ0v) is 9.51. The quantitative estimate of drug-likeness (QED) is 0.768. The average Bonchev–Trinajstić information content (AvgIpc) is 2.18. The molecular weight excluding hydrogens is 214 g/mol. The predicted octanol–water partition coefficient (Wildman–Crippen LogP) is 1.42. The van der Waals surface area contributed by atoms with E-state index < -0.39 is 0 Å². The van der Waals surface area contributed by atoms with Crippen molar-refractivity contribution in [2.45, 2.75) is 0 Å². The van der Waals surface area contributed by atoms with Crippen molar-refractivity contribution < 1.29 is 4.79 Å². The number of nitrogens with zero attached hydrogens (tertiary/aromatic N) is 1. The fourth-order valence-electron chi connectivity index (χ4n) is 1.01. The van der Waals surface area contributed by atoms with Gasteiger partial charge in [-0.3, -0.25) is 4.79 Å². The lowest BCUT2D eigenvalue weighted by molar-refractivity contribution is -0.126. The van der Waals surface area contributed by atoms with E-state index in [1.807, 2.05) is 0 Å². The van der Waals surface area contributed by atoms with Crippen molar-refractivity contribution in [2.24, 2.45) is 0 Å². The standard InChI is InChI=1S/C10H14ClN3O/c1-14(2)10(15)6-13-9-5-7(11)3-4-8(9)12/h3-5,13H,6,12H2,1-2H3. The van der Waals surface area contributed by atoms with Crippen molar-refractivity contribution in [3.63, 3.8) is 0 Å². The molecule has 1 aromatic rings. The second-order valence-corrected chi connectivity index (χ2v) is 3.81. The minimum Gasteiger partial charge on any atom is -0.397 e. The number of amides is 1. The normalized spacial score (nSPS) is 9.80. The monoisotopic (exact) mass is 227 g/mol. The number of nitrogen functional groups attached to an aromatic ring is 1. The van der Waals surface area contributed by atoms with Gasteiger partial charge in [-0.1, -0.05) is 11.6 Å². The van der Waals surface area contributed by atoms with Crippen molar-refractivity contribution in [2.75, 3.05) is 31.7 Å². The van der Waals surface area contributed by atoms with E-state index in [-0.39, 0.29) is 12.5 Å². The molecule has 0 atom stereocenters. The molecule has 0 radical (unpaired) electrons. The van der Waals surface area contributed by atoms with E-state index in [9.17, 15) is 4.79 Å². The van der Waals surface area contributed by atoms with Gasteiger partial charge in [-0.05, 0) is 18.2 Å². The molecule has 0 spiro atoms. The lowest BCUT2D eigenvalue weighted by Gasteiger charge is -2.13. The van der Waals surface area contributed by atoms with E-state index in [2.05, 4.69) is 5.32 Å². The van der Waals surface area contributed by atoms with Gasteiger partial charge < -0.3 is 16.0 Å². The van der Waals surface area contributed by atoms with Gasteiger partial charge in [-0.2, -0.15) is 0 Å². The lowest BCUT2D eigenvalue weighted by Crippen LogP contribution is -2.28. The van der Waals surface area contributed by atoms with Crippen LogP contribution in [0.15, 0.2) is 18.2 Å². The summed E-state index contributed by atoms with van der Waals surface area (Å²) < 4.78 is 0. The number of carbonyl (C=O) groups excluding carboxylic acids is 1. The molecule has 0 unspecified atom stereocenters. The van der Waals surface area contributed by atoms with E-state index in [1.54, 1.807) is 32.3 Å². The predicted molar refractivity (Wildman–Crippen MR) is 63.0 cm³/mol. The smallest absolute Gasteiger partial charge is 0.241 e. The molecule has 82 valence electrons. The fourth-order valence-corrected chi connectivity index (χ4v) is 1.18. The molecule has 0 heterocycles. The van der Waals surface area contributed by atoms with Crippen molar-refractivity contribution in [3.05, 3.63) is 23.2 Å². The minimum absolute atomic E-state index is 0.0191. The number of rotatable bonds is 3. The summed E-state index contributed by atoms with van der Waals surface area (Å²) in [6.45, 7) is 0.206. The Morgan fingerprint density at radius 1 is 1.53 bits per heavy atom. The summed E-state index contributed by atoms with van der Waals surface area (Å²) in [5.74, 6) is -0.0191. The number of nitrogens with one attached hydrogen (secondary N) is 1. The van der Waals surface area contributed by atoms with E-state index >= 15 is 0 Å². The summed E-state index contributed by atoms with van der Waals surface area (Å²) in [5.41, 5.74) is 6.96. The number of hydrogen-bond donors (Lipinski definition) is 2. The molecule has 0 aromatic heterocycles. The first kappa shape index (κ1) is 11.7. The van der Waals surface area contributed by atoms with Gasteiger partial charge in [-0.25, -0.2) is 0 Å². The fraction of sp³-hybridized carbons (Fsp3) is 0.300. The zero-order chi connectivity index (χ0) is 11.4. The number of halogens is 1. The van der Waals surface area contributed by atoms with Crippen LogP contribution in [0.25, 0.3) is 0 Å². The van der Waals surface area contributed by atoms with Crippen molar-refractivity contribution >= 4 is 28.9 Å². The maximum atomic E-state index is 11.3. The van der Waals surface area contributed by atoms with Crippen molar-refractivity contribution in [3.8, 4) is 0 Å². The average molecular weight is 228 g/mol. The molecule has 1 aromatic carbocycles. The first-order valence-electron chi connectivity index (χ1n) is 4.49. The van der Waals surface area contributed by atoms with Gasteiger partial charge in [0.25, 0.3) is 0 Å². The Balaban J connectivity index is 2.65. The largest absolute Gasteiger partial charge is 0.397 e. The number of anilines is 2. The molecule has 0 aliphatic rings. The molecule has 1 amide bonds. The Hall–Kier alpha value is -1.42. The third kappa shape index (κ3) is 3.32. The second-order valence-electron chi connectivity index (χ2n) is 3.37. The highest BCUT2D eigenvalue weighted by molar-refractivity contribution is 6.31. The Labute approximate surface area is 94.0 Å². The van der Waals surface area contributed by atoms with Crippen LogP contribution in [0.5, 0.6) is 0 Å². The summed E-state index contributed by atoms with van der Waals surface area (Å²) >= 11 is 5.80. The SMILES string of the molecule is CN(C)C(=O)CNc1cc(Cl)ccc1N. The summed E-state index contributed by atoms with van der Waals surface area (Å²) in [5, 5.41) is 3.52. The Morgan fingerprint density at radius 3 is 2.80 bits per heavy atom. The molecule has 0 saturated carbocycles. The van der Waals surface area contributed by atoms with E-state index in [1.165, 1.54) is 4.90 Å². The summed E-state index contributed by atoms with van der Waals surface area (Å²) in [6.07, 6.45) is 0. The number of hydrogen-bond acceptors (Lipinski definition) is 3. The van der Waals surface area contributed by atoms with Gasteiger partial charge in [0.05, 0.1) is 17.9 Å². The van der Waals surface area contributed by atoms with Gasteiger partial charge in [0, 0.05) is 19.1 Å². The molecule has 4 nitrogen and oxygen atoms in total. The minimum atomic E-state index is -0.0191. The highest BCUT2D eigenvalue weighted by atomic mass is 35.5. The molecule has 0 aliphatic carbocycles. The molecular formula is C10H14ClN3O. The maximum Gasteiger partial charge on any atom is 0.241 e. The van der Waals surface area contributed by atoms with Crippen LogP contribution in [0.3, 0.4) is 0 Å². The van der Waals surface area contributed by atoms with Crippen LogP contribution < -0.4 is 11.1 Å². The molecule has 1 rings (SSSR count). The van der Waals surface area contributed by atoms with E-state index in [4.69, 9.17) is 17.3 Å². The third-order valence-corrected chi connectivity index (χ3v) is 2.18. The number of carbonyl (C=O) groups is 1.